The van der Waals surface area contributed by atoms with Crippen LogP contribution < -0.4 is 0 Å². The van der Waals surface area contributed by atoms with Crippen molar-refractivity contribution in [2.24, 2.45) is 0 Å². The second-order valence-electron chi connectivity index (χ2n) is 7.55. The van der Waals surface area contributed by atoms with Crippen LogP contribution in [0.25, 0.3) is 11.3 Å². The number of nitrogens with zero attached hydrogens (tertiary/aromatic N) is 2. The van der Waals surface area contributed by atoms with E-state index in [1.165, 1.54) is 0 Å². The number of phenolic OH excluding ortho intramolecular Hbond substituents is 1. The third-order valence-electron chi connectivity index (χ3n) is 5.71. The molecular weight excluding hydrogens is 425 g/mol. The maximum atomic E-state index is 13.3. The zero-order chi connectivity index (χ0) is 20.8. The molecule has 0 saturated carbocycles. The van der Waals surface area contributed by atoms with E-state index >= 15 is 0 Å². The number of hydrogen-bond donors (Lipinski definition) is 2. The summed E-state index contributed by atoms with van der Waals surface area (Å²) in [6.45, 7) is 1.17. The maximum Gasteiger partial charge on any atom is 0.273 e. The van der Waals surface area contributed by atoms with Gasteiger partial charge in [-0.25, -0.2) is 0 Å². The standard InChI is InChI=1S/C22H19Cl2N3O3/c23-15-8-7-12(10-16(15)24)21-18-19(14-5-1-2-6-17(14)28)25-26-20(18)22(29)27(21)11-13-4-3-9-30-13/h1-2,5-8,10,13,21,28H,3-4,9,11H2,(H,25,26)/t13-,21-/m1/s1. The predicted octanol–water partition coefficient (Wildman–Crippen LogP) is 4.81. The lowest BCUT2D eigenvalue weighted by Crippen LogP contribution is -2.36. The van der Waals surface area contributed by atoms with E-state index in [1.54, 1.807) is 35.2 Å². The molecule has 2 atom stereocenters. The molecule has 5 rings (SSSR count). The number of H-pyrrole nitrogens is 1. The first kappa shape index (κ1) is 19.4. The van der Waals surface area contributed by atoms with Gasteiger partial charge in [0, 0.05) is 24.3 Å². The average molecular weight is 444 g/mol. The Hall–Kier alpha value is -2.54. The lowest BCUT2D eigenvalue weighted by molar-refractivity contribution is 0.0495. The Balaban J connectivity index is 1.66. The summed E-state index contributed by atoms with van der Waals surface area (Å²) in [6.07, 6.45) is 1.89. The van der Waals surface area contributed by atoms with Crippen molar-refractivity contribution in [3.8, 4) is 17.0 Å². The molecular formula is C22H19Cl2N3O3. The van der Waals surface area contributed by atoms with Gasteiger partial charge in [0.2, 0.25) is 0 Å². The molecule has 2 aromatic carbocycles. The summed E-state index contributed by atoms with van der Waals surface area (Å²) >= 11 is 12.4. The molecule has 30 heavy (non-hydrogen) atoms. The Morgan fingerprint density at radius 1 is 1.20 bits per heavy atom. The summed E-state index contributed by atoms with van der Waals surface area (Å²) < 4.78 is 5.79. The average Bonchev–Trinajstić information content (AvgIpc) is 3.45. The van der Waals surface area contributed by atoms with Crippen LogP contribution in [0.4, 0.5) is 0 Å². The van der Waals surface area contributed by atoms with Gasteiger partial charge < -0.3 is 14.7 Å². The van der Waals surface area contributed by atoms with Crippen LogP contribution in [0.1, 0.15) is 40.5 Å². The molecule has 0 bridgehead atoms. The molecule has 1 amide bonds. The summed E-state index contributed by atoms with van der Waals surface area (Å²) in [5.41, 5.74) is 3.07. The number of carbonyl (C=O) groups is 1. The van der Waals surface area contributed by atoms with Crippen molar-refractivity contribution in [1.82, 2.24) is 15.1 Å². The Labute approximate surface area is 183 Å². The molecule has 0 radical (unpaired) electrons. The molecule has 154 valence electrons. The van der Waals surface area contributed by atoms with E-state index in [1.807, 2.05) is 12.1 Å². The first-order chi connectivity index (χ1) is 14.5. The lowest BCUT2D eigenvalue weighted by atomic mass is 9.95. The van der Waals surface area contributed by atoms with E-state index in [2.05, 4.69) is 10.2 Å². The molecule has 0 spiro atoms. The Bertz CT molecular complexity index is 1120. The molecule has 3 aromatic rings. The topological polar surface area (TPSA) is 78.5 Å². The zero-order valence-corrected chi connectivity index (χ0v) is 17.5. The van der Waals surface area contributed by atoms with Gasteiger partial charge in [-0.15, -0.1) is 0 Å². The number of amides is 1. The van der Waals surface area contributed by atoms with Gasteiger partial charge in [-0.05, 0) is 42.7 Å². The van der Waals surface area contributed by atoms with Gasteiger partial charge in [-0.3, -0.25) is 9.89 Å². The van der Waals surface area contributed by atoms with Gasteiger partial charge in [0.1, 0.15) is 17.1 Å². The zero-order valence-electron chi connectivity index (χ0n) is 15.9. The first-order valence-electron chi connectivity index (χ1n) is 9.78. The number of nitrogens with one attached hydrogen (secondary N) is 1. The molecule has 2 N–H and O–H groups in total. The molecule has 6 nitrogen and oxygen atoms in total. The van der Waals surface area contributed by atoms with Crippen molar-refractivity contribution in [2.45, 2.75) is 25.0 Å². The van der Waals surface area contributed by atoms with Crippen LogP contribution in [-0.2, 0) is 4.74 Å². The molecule has 0 aliphatic carbocycles. The monoisotopic (exact) mass is 443 g/mol. The number of benzene rings is 2. The SMILES string of the molecule is O=C1c2[nH]nc(-c3ccccc3O)c2[C@@H](c2ccc(Cl)c(Cl)c2)N1C[C@H]1CCCO1. The van der Waals surface area contributed by atoms with Crippen LogP contribution in [0.3, 0.4) is 0 Å². The van der Waals surface area contributed by atoms with Gasteiger partial charge in [0.25, 0.3) is 5.91 Å². The number of aromatic nitrogens is 2. The van der Waals surface area contributed by atoms with Crippen molar-refractivity contribution in [2.75, 3.05) is 13.2 Å². The van der Waals surface area contributed by atoms with E-state index in [0.717, 1.165) is 24.0 Å². The molecule has 3 heterocycles. The number of aromatic hydroxyl groups is 1. The fourth-order valence-electron chi connectivity index (χ4n) is 4.30. The minimum absolute atomic E-state index is 0.00948. The third-order valence-corrected chi connectivity index (χ3v) is 6.45. The summed E-state index contributed by atoms with van der Waals surface area (Å²) in [5, 5.41) is 18.5. The molecule has 1 saturated heterocycles. The smallest absolute Gasteiger partial charge is 0.273 e. The fraction of sp³-hybridized carbons (Fsp3) is 0.273. The van der Waals surface area contributed by atoms with Crippen molar-refractivity contribution >= 4 is 29.1 Å². The molecule has 0 unspecified atom stereocenters. The number of hydrogen-bond acceptors (Lipinski definition) is 4. The number of aromatic amines is 1. The van der Waals surface area contributed by atoms with Crippen molar-refractivity contribution in [1.29, 1.82) is 0 Å². The highest BCUT2D eigenvalue weighted by Crippen LogP contribution is 2.45. The van der Waals surface area contributed by atoms with Gasteiger partial charge in [0.05, 0.1) is 22.2 Å². The van der Waals surface area contributed by atoms with E-state index in [-0.39, 0.29) is 17.8 Å². The molecule has 2 aliphatic rings. The Kier molecular flexibility index (Phi) is 4.93. The number of ether oxygens (including phenoxy) is 1. The minimum Gasteiger partial charge on any atom is -0.507 e. The van der Waals surface area contributed by atoms with Crippen molar-refractivity contribution in [3.05, 3.63) is 69.3 Å². The molecule has 8 heteroatoms. The number of halogens is 2. The van der Waals surface area contributed by atoms with Gasteiger partial charge in [-0.1, -0.05) is 41.4 Å². The van der Waals surface area contributed by atoms with Gasteiger partial charge in [-0.2, -0.15) is 5.10 Å². The number of rotatable bonds is 4. The summed E-state index contributed by atoms with van der Waals surface area (Å²) in [7, 11) is 0. The third kappa shape index (κ3) is 3.16. The largest absolute Gasteiger partial charge is 0.507 e. The van der Waals surface area contributed by atoms with E-state index < -0.39 is 6.04 Å². The second kappa shape index (κ2) is 7.61. The van der Waals surface area contributed by atoms with Crippen molar-refractivity contribution in [3.63, 3.8) is 0 Å². The number of carbonyl (C=O) groups excluding carboxylic acids is 1. The predicted molar refractivity (Wildman–Crippen MR) is 114 cm³/mol. The van der Waals surface area contributed by atoms with Crippen LogP contribution in [0.2, 0.25) is 10.0 Å². The number of para-hydroxylation sites is 1. The molecule has 1 fully saturated rings. The molecule has 2 aliphatic heterocycles. The summed E-state index contributed by atoms with van der Waals surface area (Å²) in [6, 6.07) is 11.9. The number of fused-ring (bicyclic) bond motifs is 1. The minimum atomic E-state index is -0.417. The maximum absolute atomic E-state index is 13.3. The summed E-state index contributed by atoms with van der Waals surface area (Å²) in [5.74, 6) is -0.0459. The van der Waals surface area contributed by atoms with Gasteiger partial charge in [0.15, 0.2) is 0 Å². The van der Waals surface area contributed by atoms with Crippen LogP contribution in [0, 0.1) is 0 Å². The van der Waals surface area contributed by atoms with Gasteiger partial charge >= 0.3 is 0 Å². The van der Waals surface area contributed by atoms with Crippen LogP contribution in [0.15, 0.2) is 42.5 Å². The van der Waals surface area contributed by atoms with Crippen LogP contribution in [0.5, 0.6) is 5.75 Å². The van der Waals surface area contributed by atoms with E-state index in [9.17, 15) is 9.90 Å². The van der Waals surface area contributed by atoms with Crippen molar-refractivity contribution < 1.29 is 14.6 Å². The normalized spacial score (nSPS) is 20.7. The number of phenols is 1. The summed E-state index contributed by atoms with van der Waals surface area (Å²) in [4.78, 5) is 15.1. The highest BCUT2D eigenvalue weighted by Gasteiger charge is 2.43. The molecule has 1 aromatic heterocycles. The van der Waals surface area contributed by atoms with Crippen LogP contribution >= 0.6 is 23.2 Å². The Morgan fingerprint density at radius 2 is 2.03 bits per heavy atom. The lowest BCUT2D eigenvalue weighted by Gasteiger charge is -2.28. The quantitative estimate of drug-likeness (QED) is 0.605. The van der Waals surface area contributed by atoms with E-state index in [0.29, 0.717) is 40.1 Å². The second-order valence-corrected chi connectivity index (χ2v) is 8.36. The van der Waals surface area contributed by atoms with E-state index in [4.69, 9.17) is 27.9 Å². The Morgan fingerprint density at radius 3 is 2.77 bits per heavy atom. The fourth-order valence-corrected chi connectivity index (χ4v) is 4.61. The highest BCUT2D eigenvalue weighted by molar-refractivity contribution is 6.42. The van der Waals surface area contributed by atoms with Crippen LogP contribution in [-0.4, -0.2) is 45.4 Å². The first-order valence-corrected chi connectivity index (χ1v) is 10.5. The highest BCUT2D eigenvalue weighted by atomic mass is 35.5.